The number of rotatable bonds is 4. The lowest BCUT2D eigenvalue weighted by Gasteiger charge is -2.25. The second kappa shape index (κ2) is 6.71. The predicted molar refractivity (Wildman–Crippen MR) is 102 cm³/mol. The summed E-state index contributed by atoms with van der Waals surface area (Å²) in [5.41, 5.74) is 2.74. The Hall–Kier alpha value is -3.02. The first kappa shape index (κ1) is 16.4. The highest BCUT2D eigenvalue weighted by Gasteiger charge is 2.32. The van der Waals surface area contributed by atoms with Gasteiger partial charge in [-0.2, -0.15) is 0 Å². The molecule has 0 spiro atoms. The fraction of sp³-hybridized carbons (Fsp3) is 0.300. The molecule has 1 amide bonds. The number of anilines is 1. The minimum absolute atomic E-state index is 0.0508. The standard InChI is InChI=1S/C20H22N4O2/c1-21-19-10-13(7-8-22-19)18-4-3-9-24(18)20(25)16-12-23-17-6-5-14(26-2)11-15(16)17/h5-8,10-12,18,23H,3-4,9H2,1-2H3,(H,21,22)/t18-/m0/s1. The van der Waals surface area contributed by atoms with Crippen molar-refractivity contribution in [2.45, 2.75) is 18.9 Å². The lowest BCUT2D eigenvalue weighted by molar-refractivity contribution is 0.0737. The van der Waals surface area contributed by atoms with Gasteiger partial charge in [0.25, 0.3) is 5.91 Å². The van der Waals surface area contributed by atoms with Gasteiger partial charge >= 0.3 is 0 Å². The topological polar surface area (TPSA) is 70.2 Å². The molecule has 0 saturated carbocycles. The average molecular weight is 350 g/mol. The first-order valence-corrected chi connectivity index (χ1v) is 8.81. The Kier molecular flexibility index (Phi) is 4.24. The third-order valence-corrected chi connectivity index (χ3v) is 5.06. The maximum absolute atomic E-state index is 13.3. The molecule has 3 heterocycles. The average Bonchev–Trinajstić information content (AvgIpc) is 3.34. The summed E-state index contributed by atoms with van der Waals surface area (Å²) in [7, 11) is 3.48. The highest BCUT2D eigenvalue weighted by molar-refractivity contribution is 6.07. The molecule has 1 atom stereocenters. The van der Waals surface area contributed by atoms with Gasteiger partial charge in [0.05, 0.1) is 18.7 Å². The summed E-state index contributed by atoms with van der Waals surface area (Å²) in [4.78, 5) is 22.7. The number of amides is 1. The minimum Gasteiger partial charge on any atom is -0.497 e. The van der Waals surface area contributed by atoms with Crippen LogP contribution in [0.15, 0.2) is 42.7 Å². The van der Waals surface area contributed by atoms with Crippen molar-refractivity contribution in [3.8, 4) is 5.75 Å². The van der Waals surface area contributed by atoms with E-state index in [9.17, 15) is 4.79 Å². The largest absolute Gasteiger partial charge is 0.497 e. The monoisotopic (exact) mass is 350 g/mol. The van der Waals surface area contributed by atoms with Crippen molar-refractivity contribution >= 4 is 22.6 Å². The summed E-state index contributed by atoms with van der Waals surface area (Å²) in [6.07, 6.45) is 5.55. The maximum atomic E-state index is 13.3. The fourth-order valence-corrected chi connectivity index (χ4v) is 3.71. The quantitative estimate of drug-likeness (QED) is 0.754. The van der Waals surface area contributed by atoms with Crippen LogP contribution in [0, 0.1) is 0 Å². The zero-order chi connectivity index (χ0) is 18.1. The number of nitrogens with one attached hydrogen (secondary N) is 2. The first-order valence-electron chi connectivity index (χ1n) is 8.81. The molecule has 0 radical (unpaired) electrons. The summed E-state index contributed by atoms with van der Waals surface area (Å²) in [5, 5.41) is 3.96. The second-order valence-corrected chi connectivity index (χ2v) is 6.49. The number of benzene rings is 1. The third kappa shape index (κ3) is 2.77. The van der Waals surface area contributed by atoms with E-state index in [2.05, 4.69) is 15.3 Å². The van der Waals surface area contributed by atoms with E-state index in [4.69, 9.17) is 4.74 Å². The Morgan fingerprint density at radius 1 is 1.35 bits per heavy atom. The number of fused-ring (bicyclic) bond motifs is 1. The molecule has 1 aromatic carbocycles. The molecule has 6 nitrogen and oxygen atoms in total. The van der Waals surface area contributed by atoms with E-state index in [1.165, 1.54) is 0 Å². The van der Waals surface area contributed by atoms with Crippen molar-refractivity contribution in [2.75, 3.05) is 26.0 Å². The van der Waals surface area contributed by atoms with E-state index in [-0.39, 0.29) is 11.9 Å². The Bertz CT molecular complexity index is 950. The highest BCUT2D eigenvalue weighted by Crippen LogP contribution is 2.35. The summed E-state index contributed by atoms with van der Waals surface area (Å²) >= 11 is 0. The molecule has 4 rings (SSSR count). The minimum atomic E-state index is 0.0508. The van der Waals surface area contributed by atoms with Gasteiger partial charge < -0.3 is 19.9 Å². The maximum Gasteiger partial charge on any atom is 0.256 e. The third-order valence-electron chi connectivity index (χ3n) is 5.06. The summed E-state index contributed by atoms with van der Waals surface area (Å²) in [5.74, 6) is 1.62. The number of aromatic amines is 1. The molecular formula is C20H22N4O2. The molecule has 1 saturated heterocycles. The number of aromatic nitrogens is 2. The molecule has 0 aliphatic carbocycles. The molecule has 0 unspecified atom stereocenters. The van der Waals surface area contributed by atoms with Crippen molar-refractivity contribution in [2.24, 2.45) is 0 Å². The van der Waals surface area contributed by atoms with Crippen molar-refractivity contribution < 1.29 is 9.53 Å². The van der Waals surface area contributed by atoms with Gasteiger partial charge in [0, 0.05) is 36.9 Å². The van der Waals surface area contributed by atoms with E-state index in [1.54, 1.807) is 19.5 Å². The van der Waals surface area contributed by atoms with Crippen LogP contribution in [0.4, 0.5) is 5.82 Å². The zero-order valence-corrected chi connectivity index (χ0v) is 15.0. The molecule has 6 heteroatoms. The number of methoxy groups -OCH3 is 1. The number of carbonyl (C=O) groups is 1. The predicted octanol–water partition coefficient (Wildman–Crippen LogP) is 3.59. The Balaban J connectivity index is 1.69. The van der Waals surface area contributed by atoms with Gasteiger partial charge in [-0.15, -0.1) is 0 Å². The number of carbonyl (C=O) groups excluding carboxylic acids is 1. The molecule has 3 aromatic rings. The zero-order valence-electron chi connectivity index (χ0n) is 15.0. The lowest BCUT2D eigenvalue weighted by Crippen LogP contribution is -2.30. The number of ether oxygens (including phenoxy) is 1. The van der Waals surface area contributed by atoms with E-state index in [0.29, 0.717) is 5.56 Å². The van der Waals surface area contributed by atoms with E-state index in [0.717, 1.165) is 47.4 Å². The number of pyridine rings is 1. The molecule has 1 fully saturated rings. The molecule has 1 aliphatic heterocycles. The molecular weight excluding hydrogens is 328 g/mol. The van der Waals surface area contributed by atoms with Crippen LogP contribution in [0.25, 0.3) is 10.9 Å². The van der Waals surface area contributed by atoms with Crippen LogP contribution in [0.3, 0.4) is 0 Å². The van der Waals surface area contributed by atoms with E-state index < -0.39 is 0 Å². The normalized spacial score (nSPS) is 16.8. The Labute approximate surface area is 152 Å². The molecule has 2 aromatic heterocycles. The van der Waals surface area contributed by atoms with Crippen molar-refractivity contribution in [3.05, 3.63) is 53.9 Å². The van der Waals surface area contributed by atoms with Crippen molar-refractivity contribution in [1.82, 2.24) is 14.9 Å². The number of nitrogens with zero attached hydrogens (tertiary/aromatic N) is 2. The number of hydrogen-bond donors (Lipinski definition) is 2. The van der Waals surface area contributed by atoms with E-state index in [1.807, 2.05) is 42.3 Å². The smallest absolute Gasteiger partial charge is 0.256 e. The number of hydrogen-bond acceptors (Lipinski definition) is 4. The van der Waals surface area contributed by atoms with Crippen LogP contribution in [0.1, 0.15) is 34.8 Å². The van der Waals surface area contributed by atoms with Gasteiger partial charge in [-0.25, -0.2) is 4.98 Å². The summed E-state index contributed by atoms with van der Waals surface area (Å²) < 4.78 is 5.32. The molecule has 134 valence electrons. The van der Waals surface area contributed by atoms with Gasteiger partial charge in [-0.05, 0) is 48.7 Å². The van der Waals surface area contributed by atoms with Crippen LogP contribution < -0.4 is 10.1 Å². The highest BCUT2D eigenvalue weighted by atomic mass is 16.5. The van der Waals surface area contributed by atoms with Crippen molar-refractivity contribution in [1.29, 1.82) is 0 Å². The van der Waals surface area contributed by atoms with E-state index >= 15 is 0 Å². The number of likely N-dealkylation sites (tertiary alicyclic amines) is 1. The van der Waals surface area contributed by atoms with Gasteiger partial charge in [0.2, 0.25) is 0 Å². The first-order chi connectivity index (χ1) is 12.7. The fourth-order valence-electron chi connectivity index (χ4n) is 3.71. The van der Waals surface area contributed by atoms with Crippen LogP contribution in [-0.4, -0.2) is 41.5 Å². The Morgan fingerprint density at radius 2 is 2.23 bits per heavy atom. The molecule has 2 N–H and O–H groups in total. The molecule has 1 aliphatic rings. The SMILES string of the molecule is CNc1cc([C@@H]2CCCN2C(=O)c2c[nH]c3ccc(OC)cc23)ccn1. The number of H-pyrrole nitrogens is 1. The summed E-state index contributed by atoms with van der Waals surface area (Å²) in [6, 6.07) is 9.84. The Morgan fingerprint density at radius 3 is 3.04 bits per heavy atom. The van der Waals surface area contributed by atoms with Crippen LogP contribution in [-0.2, 0) is 0 Å². The van der Waals surface area contributed by atoms with Gasteiger partial charge in [0.1, 0.15) is 11.6 Å². The van der Waals surface area contributed by atoms with Gasteiger partial charge in [-0.1, -0.05) is 0 Å². The van der Waals surface area contributed by atoms with Crippen LogP contribution >= 0.6 is 0 Å². The van der Waals surface area contributed by atoms with Crippen molar-refractivity contribution in [3.63, 3.8) is 0 Å². The lowest BCUT2D eigenvalue weighted by atomic mass is 10.0. The second-order valence-electron chi connectivity index (χ2n) is 6.49. The molecule has 0 bridgehead atoms. The van der Waals surface area contributed by atoms with Gasteiger partial charge in [0.15, 0.2) is 0 Å². The summed E-state index contributed by atoms with van der Waals surface area (Å²) in [6.45, 7) is 0.761. The van der Waals surface area contributed by atoms with Gasteiger partial charge in [-0.3, -0.25) is 4.79 Å². The molecule has 26 heavy (non-hydrogen) atoms. The van der Waals surface area contributed by atoms with Crippen LogP contribution in [0.2, 0.25) is 0 Å². The van der Waals surface area contributed by atoms with Crippen LogP contribution in [0.5, 0.6) is 5.75 Å².